The van der Waals surface area contributed by atoms with Crippen molar-refractivity contribution in [3.8, 4) is 0 Å². The fraction of sp³-hybridized carbons (Fsp3) is 0.300. The summed E-state index contributed by atoms with van der Waals surface area (Å²) in [6.07, 6.45) is 0. The van der Waals surface area contributed by atoms with Crippen LogP contribution < -0.4 is 0 Å². The predicted molar refractivity (Wildman–Crippen MR) is 54.4 cm³/mol. The second-order valence-electron chi connectivity index (χ2n) is 3.34. The quantitative estimate of drug-likeness (QED) is 0.664. The van der Waals surface area contributed by atoms with Crippen LogP contribution in [0.5, 0.6) is 0 Å². The zero-order valence-electron chi connectivity index (χ0n) is 7.53. The summed E-state index contributed by atoms with van der Waals surface area (Å²) in [5, 5.41) is 0.767. The Morgan fingerprint density at radius 1 is 1.43 bits per heavy atom. The van der Waals surface area contributed by atoms with Crippen molar-refractivity contribution < 1.29 is 4.74 Å². The molecule has 1 aromatic heterocycles. The molecule has 2 aromatic rings. The fourth-order valence-corrected chi connectivity index (χ4v) is 2.13. The van der Waals surface area contributed by atoms with Gasteiger partial charge in [-0.05, 0) is 12.1 Å². The maximum Gasteiger partial charge on any atom is 0.136 e. The van der Waals surface area contributed by atoms with Crippen molar-refractivity contribution in [1.29, 1.82) is 0 Å². The molecule has 0 spiro atoms. The van der Waals surface area contributed by atoms with Gasteiger partial charge in [0, 0.05) is 6.54 Å². The first-order chi connectivity index (χ1) is 6.86. The van der Waals surface area contributed by atoms with E-state index in [2.05, 4.69) is 9.55 Å². The number of rotatable bonds is 0. The number of benzene rings is 1. The highest BCUT2D eigenvalue weighted by molar-refractivity contribution is 6.35. The minimum atomic E-state index is 0.588. The maximum absolute atomic E-state index is 6.13. The molecule has 1 aromatic carbocycles. The van der Waals surface area contributed by atoms with Gasteiger partial charge < -0.3 is 9.30 Å². The van der Waals surface area contributed by atoms with Crippen molar-refractivity contribution in [3.05, 3.63) is 29.0 Å². The maximum atomic E-state index is 6.13. The third kappa shape index (κ3) is 1.06. The van der Waals surface area contributed by atoms with E-state index in [-0.39, 0.29) is 0 Å². The number of imidazole rings is 1. The molecule has 0 saturated carbocycles. The SMILES string of the molecule is Clc1cccc2nc3n(c12)CCOC3. The Kier molecular flexibility index (Phi) is 1.75. The first kappa shape index (κ1) is 8.26. The summed E-state index contributed by atoms with van der Waals surface area (Å²) in [6.45, 7) is 2.17. The molecule has 1 aliphatic rings. The Morgan fingerprint density at radius 3 is 3.29 bits per heavy atom. The molecule has 3 rings (SSSR count). The van der Waals surface area contributed by atoms with Gasteiger partial charge in [0.25, 0.3) is 0 Å². The lowest BCUT2D eigenvalue weighted by Gasteiger charge is -2.15. The number of halogens is 1. The Morgan fingerprint density at radius 2 is 2.36 bits per heavy atom. The van der Waals surface area contributed by atoms with E-state index in [0.717, 1.165) is 35.0 Å². The predicted octanol–water partition coefficient (Wildman–Crippen LogP) is 2.22. The van der Waals surface area contributed by atoms with Crippen LogP contribution in [-0.2, 0) is 17.9 Å². The molecule has 0 amide bonds. The van der Waals surface area contributed by atoms with Gasteiger partial charge in [-0.15, -0.1) is 0 Å². The summed E-state index contributed by atoms with van der Waals surface area (Å²) < 4.78 is 7.48. The molecule has 1 aliphatic heterocycles. The Hall–Kier alpha value is -1.06. The molecule has 0 bridgehead atoms. The van der Waals surface area contributed by atoms with Crippen molar-refractivity contribution in [2.24, 2.45) is 0 Å². The summed E-state index contributed by atoms with van der Waals surface area (Å²) >= 11 is 6.13. The molecule has 14 heavy (non-hydrogen) atoms. The van der Waals surface area contributed by atoms with Crippen LogP contribution >= 0.6 is 11.6 Å². The highest BCUT2D eigenvalue weighted by atomic mass is 35.5. The molecule has 0 N–H and O–H groups in total. The van der Waals surface area contributed by atoms with Crippen LogP contribution in [-0.4, -0.2) is 16.2 Å². The molecule has 0 aliphatic carbocycles. The zero-order chi connectivity index (χ0) is 9.54. The second-order valence-corrected chi connectivity index (χ2v) is 3.75. The van der Waals surface area contributed by atoms with Crippen molar-refractivity contribution >= 4 is 22.6 Å². The highest BCUT2D eigenvalue weighted by Crippen LogP contribution is 2.26. The van der Waals surface area contributed by atoms with Crippen molar-refractivity contribution in [2.75, 3.05) is 6.61 Å². The number of hydrogen-bond donors (Lipinski definition) is 0. The van der Waals surface area contributed by atoms with E-state index in [1.807, 2.05) is 18.2 Å². The van der Waals surface area contributed by atoms with Crippen LogP contribution in [0.3, 0.4) is 0 Å². The van der Waals surface area contributed by atoms with Gasteiger partial charge in [0.05, 0.1) is 22.7 Å². The Bertz CT molecular complexity index is 492. The third-order valence-electron chi connectivity index (χ3n) is 2.49. The van der Waals surface area contributed by atoms with Crippen LogP contribution in [0, 0.1) is 0 Å². The first-order valence-electron chi connectivity index (χ1n) is 4.57. The summed E-state index contributed by atoms with van der Waals surface area (Å²) in [6, 6.07) is 5.80. The normalized spacial score (nSPS) is 15.8. The molecule has 4 heteroatoms. The van der Waals surface area contributed by atoms with Gasteiger partial charge in [-0.3, -0.25) is 0 Å². The fourth-order valence-electron chi connectivity index (χ4n) is 1.86. The van der Waals surface area contributed by atoms with Gasteiger partial charge in [-0.1, -0.05) is 17.7 Å². The zero-order valence-corrected chi connectivity index (χ0v) is 8.29. The average molecular weight is 209 g/mol. The van der Waals surface area contributed by atoms with Crippen LogP contribution in [0.25, 0.3) is 11.0 Å². The van der Waals surface area contributed by atoms with E-state index in [1.165, 1.54) is 0 Å². The van der Waals surface area contributed by atoms with Gasteiger partial charge in [0.15, 0.2) is 0 Å². The summed E-state index contributed by atoms with van der Waals surface area (Å²) in [5.74, 6) is 0.972. The number of nitrogens with zero attached hydrogens (tertiary/aromatic N) is 2. The molecule has 0 radical (unpaired) electrons. The third-order valence-corrected chi connectivity index (χ3v) is 2.79. The molecule has 0 saturated heterocycles. The lowest BCUT2D eigenvalue weighted by atomic mass is 10.3. The molecule has 2 heterocycles. The number of hydrogen-bond acceptors (Lipinski definition) is 2. The van der Waals surface area contributed by atoms with Crippen LogP contribution in [0.15, 0.2) is 18.2 Å². The summed E-state index contributed by atoms with van der Waals surface area (Å²) in [7, 11) is 0. The molecule has 3 nitrogen and oxygen atoms in total. The topological polar surface area (TPSA) is 27.1 Å². The number of para-hydroxylation sites is 1. The van der Waals surface area contributed by atoms with Crippen LogP contribution in [0.1, 0.15) is 5.82 Å². The lowest BCUT2D eigenvalue weighted by Crippen LogP contribution is -2.16. The standard InChI is InChI=1S/C10H9ClN2O/c11-7-2-1-3-8-10(7)13-4-5-14-6-9(13)12-8/h1-3H,4-6H2. The molecule has 0 unspecified atom stereocenters. The summed E-state index contributed by atoms with van der Waals surface area (Å²) in [4.78, 5) is 4.47. The van der Waals surface area contributed by atoms with Crippen molar-refractivity contribution in [2.45, 2.75) is 13.2 Å². The molecule has 0 atom stereocenters. The Balaban J connectivity index is 2.38. The van der Waals surface area contributed by atoms with Crippen molar-refractivity contribution in [1.82, 2.24) is 9.55 Å². The van der Waals surface area contributed by atoms with E-state index in [9.17, 15) is 0 Å². The monoisotopic (exact) mass is 208 g/mol. The van der Waals surface area contributed by atoms with Gasteiger partial charge >= 0.3 is 0 Å². The average Bonchev–Trinajstić information content (AvgIpc) is 2.57. The van der Waals surface area contributed by atoms with Gasteiger partial charge in [-0.2, -0.15) is 0 Å². The molecule has 0 fully saturated rings. The molecular formula is C10H9ClN2O. The van der Waals surface area contributed by atoms with Crippen molar-refractivity contribution in [3.63, 3.8) is 0 Å². The van der Waals surface area contributed by atoms with Crippen LogP contribution in [0.2, 0.25) is 5.02 Å². The molecule has 72 valence electrons. The first-order valence-corrected chi connectivity index (χ1v) is 4.95. The minimum absolute atomic E-state index is 0.588. The van der Waals surface area contributed by atoms with Gasteiger partial charge in [-0.25, -0.2) is 4.98 Å². The largest absolute Gasteiger partial charge is 0.372 e. The number of ether oxygens (including phenoxy) is 1. The highest BCUT2D eigenvalue weighted by Gasteiger charge is 2.16. The smallest absolute Gasteiger partial charge is 0.136 e. The van der Waals surface area contributed by atoms with Crippen LogP contribution in [0.4, 0.5) is 0 Å². The molecular weight excluding hydrogens is 200 g/mol. The second kappa shape index (κ2) is 2.97. The van der Waals surface area contributed by atoms with Gasteiger partial charge in [0.2, 0.25) is 0 Å². The van der Waals surface area contributed by atoms with E-state index >= 15 is 0 Å². The number of aromatic nitrogens is 2. The Labute approximate surface area is 86.3 Å². The van der Waals surface area contributed by atoms with E-state index in [1.54, 1.807) is 0 Å². The van der Waals surface area contributed by atoms with E-state index in [4.69, 9.17) is 16.3 Å². The van der Waals surface area contributed by atoms with E-state index < -0.39 is 0 Å². The minimum Gasteiger partial charge on any atom is -0.372 e. The van der Waals surface area contributed by atoms with E-state index in [0.29, 0.717) is 6.61 Å². The number of fused-ring (bicyclic) bond motifs is 3. The van der Waals surface area contributed by atoms with Gasteiger partial charge in [0.1, 0.15) is 12.4 Å². The summed E-state index contributed by atoms with van der Waals surface area (Å²) in [5.41, 5.74) is 1.99. The lowest BCUT2D eigenvalue weighted by molar-refractivity contribution is 0.0830.